The minimum absolute atomic E-state index is 0.237. The van der Waals surface area contributed by atoms with Gasteiger partial charge in [0.15, 0.2) is 5.16 Å². The Morgan fingerprint density at radius 3 is 2.63 bits per heavy atom. The van der Waals surface area contributed by atoms with E-state index < -0.39 is 0 Å². The topological polar surface area (TPSA) is 47.4 Å². The fraction of sp³-hybridized carbons (Fsp3) is 0.231. The van der Waals surface area contributed by atoms with Crippen LogP contribution in [0.15, 0.2) is 41.7 Å². The van der Waals surface area contributed by atoms with Gasteiger partial charge in [-0.05, 0) is 18.4 Å². The Bertz CT molecular complexity index is 569. The number of thioether (sulfide) groups is 1. The van der Waals surface area contributed by atoms with Crippen LogP contribution in [-0.4, -0.2) is 40.9 Å². The number of benzene rings is 1. The first-order valence-electron chi connectivity index (χ1n) is 5.68. The highest BCUT2D eigenvalue weighted by atomic mass is 32.2. The average Bonchev–Trinajstić information content (AvgIpc) is 2.90. The highest BCUT2D eigenvalue weighted by Crippen LogP contribution is 2.22. The van der Waals surface area contributed by atoms with Crippen molar-refractivity contribution in [3.63, 3.8) is 0 Å². The van der Waals surface area contributed by atoms with Crippen molar-refractivity contribution < 1.29 is 9.63 Å². The quantitative estimate of drug-likeness (QED) is 0.635. The zero-order valence-electron chi connectivity index (χ0n) is 11.0. The summed E-state index contributed by atoms with van der Waals surface area (Å²) in [5.74, 6) is -0.237. The van der Waals surface area contributed by atoms with Gasteiger partial charge in [0, 0.05) is 12.7 Å². The van der Waals surface area contributed by atoms with Gasteiger partial charge >= 0.3 is 0 Å². The maximum atomic E-state index is 12.2. The zero-order valence-corrected chi connectivity index (χ0v) is 11.8. The molecule has 0 aliphatic heterocycles. The number of imidazole rings is 1. The number of para-hydroxylation sites is 1. The number of carbonyl (C=O) groups is 1. The monoisotopic (exact) mass is 277 g/mol. The summed E-state index contributed by atoms with van der Waals surface area (Å²) in [5.41, 5.74) is 1.37. The van der Waals surface area contributed by atoms with Gasteiger partial charge in [-0.2, -0.15) is 0 Å². The average molecular weight is 277 g/mol. The van der Waals surface area contributed by atoms with Gasteiger partial charge < -0.3 is 0 Å². The molecule has 0 fully saturated rings. The summed E-state index contributed by atoms with van der Waals surface area (Å²) >= 11 is 1.49. The number of amides is 1. The molecular formula is C13H15N3O2S. The summed E-state index contributed by atoms with van der Waals surface area (Å²) in [6.07, 6.45) is 3.49. The van der Waals surface area contributed by atoms with Crippen LogP contribution in [-0.2, 0) is 4.84 Å². The lowest BCUT2D eigenvalue weighted by Gasteiger charge is -2.15. The maximum absolute atomic E-state index is 12.2. The number of hydroxylamine groups is 2. The summed E-state index contributed by atoms with van der Waals surface area (Å²) in [4.78, 5) is 21.4. The van der Waals surface area contributed by atoms with E-state index in [2.05, 4.69) is 4.98 Å². The van der Waals surface area contributed by atoms with Crippen LogP contribution in [0.3, 0.4) is 0 Å². The van der Waals surface area contributed by atoms with Crippen LogP contribution in [0, 0.1) is 0 Å². The van der Waals surface area contributed by atoms with Gasteiger partial charge in [-0.15, -0.1) is 0 Å². The molecule has 0 saturated carbocycles. The van der Waals surface area contributed by atoms with Crippen molar-refractivity contribution in [2.45, 2.75) is 5.16 Å². The SMILES string of the molecule is CON(C)C(=O)c1cnc(SC)n1-c1ccccc1. The second-order valence-corrected chi connectivity index (χ2v) is 4.56. The van der Waals surface area contributed by atoms with Crippen LogP contribution in [0.1, 0.15) is 10.5 Å². The van der Waals surface area contributed by atoms with Gasteiger partial charge in [-0.25, -0.2) is 10.0 Å². The van der Waals surface area contributed by atoms with Crippen molar-refractivity contribution in [2.75, 3.05) is 20.4 Å². The van der Waals surface area contributed by atoms with E-state index in [0.29, 0.717) is 5.69 Å². The van der Waals surface area contributed by atoms with Gasteiger partial charge in [0.2, 0.25) is 0 Å². The van der Waals surface area contributed by atoms with Crippen LogP contribution in [0.4, 0.5) is 0 Å². The van der Waals surface area contributed by atoms with Crippen LogP contribution in [0.2, 0.25) is 0 Å². The third kappa shape index (κ3) is 2.64. The molecule has 2 rings (SSSR count). The molecule has 5 nitrogen and oxygen atoms in total. The van der Waals surface area contributed by atoms with Crippen LogP contribution < -0.4 is 0 Å². The molecule has 1 heterocycles. The molecule has 2 aromatic rings. The number of nitrogens with zero attached hydrogens (tertiary/aromatic N) is 3. The van der Waals surface area contributed by atoms with E-state index >= 15 is 0 Å². The summed E-state index contributed by atoms with van der Waals surface area (Å²) in [6.45, 7) is 0. The molecule has 0 N–H and O–H groups in total. The first-order chi connectivity index (χ1) is 9.19. The van der Waals surface area contributed by atoms with Gasteiger partial charge in [0.05, 0.1) is 13.3 Å². The van der Waals surface area contributed by atoms with Crippen molar-refractivity contribution >= 4 is 17.7 Å². The molecule has 0 unspecified atom stereocenters. The maximum Gasteiger partial charge on any atom is 0.295 e. The molecule has 0 saturated heterocycles. The lowest BCUT2D eigenvalue weighted by atomic mass is 10.3. The van der Waals surface area contributed by atoms with Crippen molar-refractivity contribution in [3.8, 4) is 5.69 Å². The smallest absolute Gasteiger partial charge is 0.283 e. The van der Waals surface area contributed by atoms with Crippen LogP contribution in [0.25, 0.3) is 5.69 Å². The summed E-state index contributed by atoms with van der Waals surface area (Å²) < 4.78 is 1.82. The zero-order chi connectivity index (χ0) is 13.8. The van der Waals surface area contributed by atoms with E-state index in [-0.39, 0.29) is 5.91 Å². The molecule has 6 heteroatoms. The van der Waals surface area contributed by atoms with E-state index in [1.165, 1.54) is 23.9 Å². The van der Waals surface area contributed by atoms with Gasteiger partial charge in [-0.1, -0.05) is 30.0 Å². The first-order valence-corrected chi connectivity index (χ1v) is 6.90. The lowest BCUT2D eigenvalue weighted by Crippen LogP contribution is -2.27. The van der Waals surface area contributed by atoms with Crippen molar-refractivity contribution in [3.05, 3.63) is 42.2 Å². The minimum Gasteiger partial charge on any atom is -0.283 e. The van der Waals surface area contributed by atoms with E-state index in [9.17, 15) is 4.79 Å². The van der Waals surface area contributed by atoms with Crippen molar-refractivity contribution in [1.82, 2.24) is 14.6 Å². The molecule has 19 heavy (non-hydrogen) atoms. The predicted molar refractivity (Wildman–Crippen MR) is 74.4 cm³/mol. The fourth-order valence-corrected chi connectivity index (χ4v) is 2.24. The van der Waals surface area contributed by atoms with Gasteiger partial charge in [-0.3, -0.25) is 14.2 Å². The summed E-state index contributed by atoms with van der Waals surface area (Å²) in [6, 6.07) is 9.65. The molecule has 0 bridgehead atoms. The molecule has 0 atom stereocenters. The van der Waals surface area contributed by atoms with E-state index in [1.807, 2.05) is 41.2 Å². The Morgan fingerprint density at radius 2 is 2.05 bits per heavy atom. The summed E-state index contributed by atoms with van der Waals surface area (Å²) in [7, 11) is 3.03. The molecule has 0 aliphatic rings. The van der Waals surface area contributed by atoms with Gasteiger partial charge in [0.25, 0.3) is 5.91 Å². The molecule has 1 aromatic carbocycles. The predicted octanol–water partition coefficient (Wildman–Crippen LogP) is 2.23. The second kappa shape index (κ2) is 5.90. The van der Waals surface area contributed by atoms with E-state index in [1.54, 1.807) is 13.2 Å². The number of hydrogen-bond donors (Lipinski definition) is 0. The standard InChI is InChI=1S/C13H15N3O2S/c1-15(18-2)12(17)11-9-14-13(19-3)16(11)10-7-5-4-6-8-10/h4-9H,1-3H3. The Morgan fingerprint density at radius 1 is 1.37 bits per heavy atom. The molecule has 1 amide bonds. The minimum atomic E-state index is -0.237. The Hall–Kier alpha value is -1.79. The van der Waals surface area contributed by atoms with Crippen LogP contribution >= 0.6 is 11.8 Å². The molecule has 100 valence electrons. The number of aromatic nitrogens is 2. The molecule has 0 radical (unpaired) electrons. The van der Waals surface area contributed by atoms with Crippen molar-refractivity contribution in [1.29, 1.82) is 0 Å². The second-order valence-electron chi connectivity index (χ2n) is 3.79. The molecule has 0 spiro atoms. The van der Waals surface area contributed by atoms with Crippen molar-refractivity contribution in [2.24, 2.45) is 0 Å². The number of hydrogen-bond acceptors (Lipinski definition) is 4. The molecular weight excluding hydrogens is 262 g/mol. The lowest BCUT2D eigenvalue weighted by molar-refractivity contribution is -0.0762. The summed E-state index contributed by atoms with van der Waals surface area (Å²) in [5, 5.41) is 1.94. The van der Waals surface area contributed by atoms with Gasteiger partial charge in [0.1, 0.15) is 5.69 Å². The Labute approximate surface area is 116 Å². The molecule has 0 aliphatic carbocycles. The molecule has 1 aromatic heterocycles. The largest absolute Gasteiger partial charge is 0.295 e. The highest BCUT2D eigenvalue weighted by Gasteiger charge is 2.20. The Balaban J connectivity index is 2.52. The number of rotatable bonds is 4. The fourth-order valence-electron chi connectivity index (χ4n) is 1.70. The highest BCUT2D eigenvalue weighted by molar-refractivity contribution is 7.98. The van der Waals surface area contributed by atoms with Crippen LogP contribution in [0.5, 0.6) is 0 Å². The third-order valence-electron chi connectivity index (χ3n) is 2.71. The first kappa shape index (κ1) is 13.6. The Kier molecular flexibility index (Phi) is 4.24. The van der Waals surface area contributed by atoms with E-state index in [0.717, 1.165) is 10.8 Å². The number of carbonyl (C=O) groups excluding carboxylic acids is 1. The third-order valence-corrected chi connectivity index (χ3v) is 3.36. The van der Waals surface area contributed by atoms with E-state index in [4.69, 9.17) is 4.84 Å². The normalized spacial score (nSPS) is 10.5.